The van der Waals surface area contributed by atoms with Gasteiger partial charge >= 0.3 is 0 Å². The molecule has 2 amide bonds. The Bertz CT molecular complexity index is 774. The van der Waals surface area contributed by atoms with Crippen LogP contribution in [0.4, 0.5) is 5.69 Å². The second-order valence-corrected chi connectivity index (χ2v) is 6.79. The number of likely N-dealkylation sites (N-methyl/N-ethyl adjacent to an activating group) is 1. The fraction of sp³-hybridized carbons (Fsp3) is 0.333. The lowest BCUT2D eigenvalue weighted by Gasteiger charge is -2.27. The van der Waals surface area contributed by atoms with Crippen molar-refractivity contribution in [3.63, 3.8) is 0 Å². The summed E-state index contributed by atoms with van der Waals surface area (Å²) in [5.41, 5.74) is 0.692. The zero-order valence-corrected chi connectivity index (χ0v) is 16.0. The highest BCUT2D eigenvalue weighted by Gasteiger charge is 2.21. The van der Waals surface area contributed by atoms with E-state index in [0.717, 1.165) is 10.6 Å². The summed E-state index contributed by atoms with van der Waals surface area (Å²) < 4.78 is 11.0. The maximum Gasteiger partial charge on any atom is 0.279 e. The predicted octanol–water partition coefficient (Wildman–Crippen LogP) is 0.791. The van der Waals surface area contributed by atoms with Crippen LogP contribution in [0.5, 0.6) is 11.5 Å². The molecule has 7 nitrogen and oxygen atoms in total. The molecule has 0 radical (unpaired) electrons. The number of carbonyl (C=O) groups is 2. The van der Waals surface area contributed by atoms with Crippen LogP contribution in [0.15, 0.2) is 54.6 Å². The van der Waals surface area contributed by atoms with Crippen molar-refractivity contribution >= 4 is 17.5 Å². The molecule has 1 aliphatic rings. The van der Waals surface area contributed by atoms with Gasteiger partial charge in [-0.05, 0) is 36.4 Å². The van der Waals surface area contributed by atoms with E-state index in [9.17, 15) is 9.59 Å². The summed E-state index contributed by atoms with van der Waals surface area (Å²) in [6, 6.07) is 16.7. The number of carbonyl (C=O) groups excluding carboxylic acids is 2. The van der Waals surface area contributed by atoms with Crippen molar-refractivity contribution in [1.82, 2.24) is 4.90 Å². The molecule has 1 fully saturated rings. The summed E-state index contributed by atoms with van der Waals surface area (Å²) in [6.07, 6.45) is 0. The average molecular weight is 384 g/mol. The monoisotopic (exact) mass is 384 g/mol. The standard InChI is InChI=1S/C21H25N3O4/c1-23(16-21(26)24-11-13-27-14-12-24)15-20(25)22-17-7-9-19(10-8-17)28-18-5-3-2-4-6-18/h2-10H,11-16H2,1H3,(H,22,25)/p+1. The van der Waals surface area contributed by atoms with Crippen LogP contribution >= 0.6 is 0 Å². The number of nitrogens with one attached hydrogen (secondary N) is 2. The Morgan fingerprint density at radius 3 is 2.32 bits per heavy atom. The summed E-state index contributed by atoms with van der Waals surface area (Å²) in [4.78, 5) is 27.1. The Kier molecular flexibility index (Phi) is 7.00. The number of quaternary nitrogens is 1. The van der Waals surface area contributed by atoms with Crippen molar-refractivity contribution in [2.45, 2.75) is 0 Å². The quantitative estimate of drug-likeness (QED) is 0.741. The molecule has 1 saturated heterocycles. The molecular weight excluding hydrogens is 358 g/mol. The predicted molar refractivity (Wildman–Crippen MR) is 106 cm³/mol. The molecular formula is C21H26N3O4+. The van der Waals surface area contributed by atoms with Crippen LogP contribution in [0.3, 0.4) is 0 Å². The molecule has 0 aliphatic carbocycles. The Morgan fingerprint density at radius 2 is 1.64 bits per heavy atom. The fourth-order valence-corrected chi connectivity index (χ4v) is 2.96. The van der Waals surface area contributed by atoms with E-state index in [4.69, 9.17) is 9.47 Å². The number of anilines is 1. The van der Waals surface area contributed by atoms with Crippen molar-refractivity contribution in [3.8, 4) is 11.5 Å². The Morgan fingerprint density at radius 1 is 1.00 bits per heavy atom. The van der Waals surface area contributed by atoms with Gasteiger partial charge in [-0.3, -0.25) is 9.59 Å². The zero-order chi connectivity index (χ0) is 19.8. The Labute approximate surface area is 164 Å². The molecule has 0 aromatic heterocycles. The van der Waals surface area contributed by atoms with E-state index in [2.05, 4.69) is 5.32 Å². The fourth-order valence-electron chi connectivity index (χ4n) is 2.96. The van der Waals surface area contributed by atoms with E-state index in [1.165, 1.54) is 0 Å². The van der Waals surface area contributed by atoms with E-state index < -0.39 is 0 Å². The number of hydrogen-bond acceptors (Lipinski definition) is 4. The highest BCUT2D eigenvalue weighted by molar-refractivity contribution is 5.91. The molecule has 1 unspecified atom stereocenters. The Balaban J connectivity index is 1.44. The highest BCUT2D eigenvalue weighted by atomic mass is 16.5. The van der Waals surface area contributed by atoms with Crippen molar-refractivity contribution < 1.29 is 24.0 Å². The summed E-state index contributed by atoms with van der Waals surface area (Å²) in [7, 11) is 1.84. The molecule has 3 rings (SSSR count). The number of ether oxygens (including phenoxy) is 2. The first-order valence-corrected chi connectivity index (χ1v) is 9.40. The van der Waals surface area contributed by atoms with Crippen LogP contribution in [-0.4, -0.2) is 63.2 Å². The van der Waals surface area contributed by atoms with Crippen molar-refractivity contribution in [3.05, 3.63) is 54.6 Å². The number of benzene rings is 2. The molecule has 0 bridgehead atoms. The smallest absolute Gasteiger partial charge is 0.279 e. The van der Waals surface area contributed by atoms with E-state index in [1.54, 1.807) is 29.2 Å². The normalized spacial score (nSPS) is 15.0. The van der Waals surface area contributed by atoms with Gasteiger partial charge in [0.25, 0.3) is 11.8 Å². The lowest BCUT2D eigenvalue weighted by Crippen LogP contribution is -3.11. The minimum atomic E-state index is -0.135. The second-order valence-electron chi connectivity index (χ2n) is 6.79. The van der Waals surface area contributed by atoms with E-state index in [0.29, 0.717) is 37.7 Å². The number of nitrogens with zero attached hydrogens (tertiary/aromatic N) is 1. The third-order valence-corrected chi connectivity index (χ3v) is 4.40. The molecule has 28 heavy (non-hydrogen) atoms. The molecule has 148 valence electrons. The van der Waals surface area contributed by atoms with E-state index in [-0.39, 0.29) is 24.9 Å². The molecule has 2 aromatic rings. The first kappa shape index (κ1) is 19.9. The number of para-hydroxylation sites is 1. The number of hydrogen-bond donors (Lipinski definition) is 2. The van der Waals surface area contributed by atoms with Gasteiger partial charge in [-0.2, -0.15) is 0 Å². The van der Waals surface area contributed by atoms with Crippen LogP contribution in [0.2, 0.25) is 0 Å². The van der Waals surface area contributed by atoms with Crippen molar-refractivity contribution in [2.75, 3.05) is 51.8 Å². The van der Waals surface area contributed by atoms with Crippen LogP contribution in [0.1, 0.15) is 0 Å². The van der Waals surface area contributed by atoms with Gasteiger partial charge in [-0.15, -0.1) is 0 Å². The third-order valence-electron chi connectivity index (χ3n) is 4.40. The first-order valence-electron chi connectivity index (χ1n) is 9.40. The second kappa shape index (κ2) is 9.87. The number of rotatable bonds is 7. The third kappa shape index (κ3) is 6.07. The van der Waals surface area contributed by atoms with Gasteiger partial charge in [0, 0.05) is 18.8 Å². The minimum absolute atomic E-state index is 0.0519. The Hall–Kier alpha value is -2.90. The van der Waals surface area contributed by atoms with Crippen molar-refractivity contribution in [1.29, 1.82) is 0 Å². The van der Waals surface area contributed by atoms with E-state index >= 15 is 0 Å². The maximum atomic E-state index is 12.2. The average Bonchev–Trinajstić information content (AvgIpc) is 2.70. The molecule has 7 heteroatoms. The van der Waals surface area contributed by atoms with Crippen LogP contribution < -0.4 is 15.0 Å². The number of amides is 2. The summed E-state index contributed by atoms with van der Waals surface area (Å²) in [6.45, 7) is 2.91. The zero-order valence-electron chi connectivity index (χ0n) is 16.0. The van der Waals surface area contributed by atoms with Gasteiger partial charge in [0.1, 0.15) is 11.5 Å². The molecule has 2 aromatic carbocycles. The summed E-state index contributed by atoms with van der Waals surface area (Å²) >= 11 is 0. The lowest BCUT2D eigenvalue weighted by atomic mass is 10.3. The topological polar surface area (TPSA) is 72.3 Å². The van der Waals surface area contributed by atoms with Gasteiger partial charge in [0.2, 0.25) is 0 Å². The van der Waals surface area contributed by atoms with Crippen LogP contribution in [-0.2, 0) is 14.3 Å². The molecule has 1 heterocycles. The van der Waals surface area contributed by atoms with Crippen LogP contribution in [0.25, 0.3) is 0 Å². The largest absolute Gasteiger partial charge is 0.457 e. The van der Waals surface area contributed by atoms with Gasteiger partial charge in [-0.1, -0.05) is 18.2 Å². The lowest BCUT2D eigenvalue weighted by molar-refractivity contribution is -0.862. The number of morpholine rings is 1. The van der Waals surface area contributed by atoms with Gasteiger partial charge < -0.3 is 24.6 Å². The highest BCUT2D eigenvalue weighted by Crippen LogP contribution is 2.22. The van der Waals surface area contributed by atoms with Gasteiger partial charge in [0.15, 0.2) is 13.1 Å². The van der Waals surface area contributed by atoms with Gasteiger partial charge in [0.05, 0.1) is 20.3 Å². The molecule has 1 atom stereocenters. The maximum absolute atomic E-state index is 12.2. The van der Waals surface area contributed by atoms with E-state index in [1.807, 2.05) is 37.4 Å². The van der Waals surface area contributed by atoms with Crippen LogP contribution in [0, 0.1) is 0 Å². The molecule has 2 N–H and O–H groups in total. The minimum Gasteiger partial charge on any atom is -0.457 e. The molecule has 1 aliphatic heterocycles. The molecule has 0 spiro atoms. The first-order chi connectivity index (χ1) is 13.6. The van der Waals surface area contributed by atoms with Gasteiger partial charge in [-0.25, -0.2) is 0 Å². The molecule has 0 saturated carbocycles. The van der Waals surface area contributed by atoms with Crippen molar-refractivity contribution in [2.24, 2.45) is 0 Å². The summed E-state index contributed by atoms with van der Waals surface area (Å²) in [5.74, 6) is 1.37. The SMILES string of the molecule is C[NH+](CC(=O)Nc1ccc(Oc2ccccc2)cc1)CC(=O)N1CCOCC1. The summed E-state index contributed by atoms with van der Waals surface area (Å²) in [5, 5.41) is 2.86.